The van der Waals surface area contributed by atoms with Gasteiger partial charge in [-0.1, -0.05) is 40.0 Å². The Hall–Kier alpha value is -3.09. The van der Waals surface area contributed by atoms with E-state index in [9.17, 15) is 14.7 Å². The van der Waals surface area contributed by atoms with Crippen molar-refractivity contribution in [2.75, 3.05) is 0 Å². The summed E-state index contributed by atoms with van der Waals surface area (Å²) < 4.78 is 7.63. The average molecular weight is 466 g/mol. The lowest BCUT2D eigenvalue weighted by Gasteiger charge is -2.31. The van der Waals surface area contributed by atoms with Crippen LogP contribution >= 0.6 is 0 Å². The molecule has 0 spiro atoms. The minimum atomic E-state index is -1.01. The van der Waals surface area contributed by atoms with Crippen molar-refractivity contribution in [3.63, 3.8) is 0 Å². The fourth-order valence-electron chi connectivity index (χ4n) is 5.07. The summed E-state index contributed by atoms with van der Waals surface area (Å²) in [6.07, 6.45) is 10.1. The number of benzene rings is 1. The SMILES string of the molecule is CCC(C)C[C@H](NC(=O)c1ccc2c(c1)nc(Cc1ccoc1)n2C1CCCCC1C)C(=O)O. The molecule has 7 nitrogen and oxygen atoms in total. The molecule has 0 radical (unpaired) electrons. The first-order valence-corrected chi connectivity index (χ1v) is 12.4. The van der Waals surface area contributed by atoms with Crippen LogP contribution in [0.3, 0.4) is 0 Å². The van der Waals surface area contributed by atoms with Crippen molar-refractivity contribution < 1.29 is 19.1 Å². The number of hydrogen-bond acceptors (Lipinski definition) is 4. The van der Waals surface area contributed by atoms with Gasteiger partial charge < -0.3 is 19.4 Å². The largest absolute Gasteiger partial charge is 0.480 e. The van der Waals surface area contributed by atoms with Gasteiger partial charge in [0.15, 0.2) is 0 Å². The Morgan fingerprint density at radius 2 is 2.06 bits per heavy atom. The number of carboxylic acid groups (broad SMARTS) is 1. The van der Waals surface area contributed by atoms with Crippen molar-refractivity contribution in [3.05, 3.63) is 53.7 Å². The van der Waals surface area contributed by atoms with Crippen LogP contribution < -0.4 is 5.32 Å². The first kappa shape index (κ1) is 24.0. The van der Waals surface area contributed by atoms with Gasteiger partial charge in [0.1, 0.15) is 11.9 Å². The summed E-state index contributed by atoms with van der Waals surface area (Å²) in [5.74, 6) is 0.340. The maximum Gasteiger partial charge on any atom is 0.326 e. The standard InChI is InChI=1S/C27H35N3O4/c1-4-17(2)13-22(27(32)33)29-26(31)20-9-10-24-21(15-20)28-25(14-19-11-12-34-16-19)30(24)23-8-6-5-7-18(23)3/h9-12,15-18,22-23H,4-8,13-14H2,1-3H3,(H,29,31)(H,32,33)/t17?,18?,22-,23?/m0/s1. The number of hydrogen-bond donors (Lipinski definition) is 2. The lowest BCUT2D eigenvalue weighted by molar-refractivity contribution is -0.139. The third-order valence-electron chi connectivity index (χ3n) is 7.30. The van der Waals surface area contributed by atoms with Gasteiger partial charge in [-0.05, 0) is 60.9 Å². The lowest BCUT2D eigenvalue weighted by atomic mass is 9.85. The summed E-state index contributed by atoms with van der Waals surface area (Å²) in [5, 5.41) is 12.3. The number of aliphatic carboxylic acids is 1. The first-order chi connectivity index (χ1) is 16.4. The molecule has 1 fully saturated rings. The molecule has 7 heteroatoms. The van der Waals surface area contributed by atoms with E-state index in [2.05, 4.69) is 16.8 Å². The second kappa shape index (κ2) is 10.5. The van der Waals surface area contributed by atoms with Crippen molar-refractivity contribution in [1.82, 2.24) is 14.9 Å². The molecule has 2 N–H and O–H groups in total. The number of carbonyl (C=O) groups excluding carboxylic acids is 1. The molecule has 0 aliphatic heterocycles. The fraction of sp³-hybridized carbons (Fsp3) is 0.519. The Bertz CT molecular complexity index is 1130. The second-order valence-corrected chi connectivity index (χ2v) is 9.85. The monoisotopic (exact) mass is 465 g/mol. The molecule has 3 unspecified atom stereocenters. The number of fused-ring (bicyclic) bond motifs is 1. The van der Waals surface area contributed by atoms with Gasteiger partial charge in [-0.2, -0.15) is 0 Å². The van der Waals surface area contributed by atoms with Crippen molar-refractivity contribution in [2.45, 2.75) is 77.8 Å². The number of nitrogens with zero attached hydrogens (tertiary/aromatic N) is 2. The molecule has 3 aromatic rings. The number of rotatable bonds is 9. The van der Waals surface area contributed by atoms with Gasteiger partial charge in [0, 0.05) is 18.0 Å². The molecule has 0 bridgehead atoms. The normalized spacial score (nSPS) is 20.2. The zero-order valence-corrected chi connectivity index (χ0v) is 20.3. The van der Waals surface area contributed by atoms with Crippen molar-refractivity contribution in [1.29, 1.82) is 0 Å². The molecular formula is C27H35N3O4. The highest BCUT2D eigenvalue weighted by Gasteiger charge is 2.28. The van der Waals surface area contributed by atoms with Gasteiger partial charge >= 0.3 is 5.97 Å². The molecule has 2 heterocycles. The molecule has 182 valence electrons. The van der Waals surface area contributed by atoms with Gasteiger partial charge in [0.05, 0.1) is 23.6 Å². The summed E-state index contributed by atoms with van der Waals surface area (Å²) in [6, 6.07) is 6.95. The first-order valence-electron chi connectivity index (χ1n) is 12.4. The Kier molecular flexibility index (Phi) is 7.39. The maximum absolute atomic E-state index is 13.0. The van der Waals surface area contributed by atoms with E-state index in [1.807, 2.05) is 26.0 Å². The number of imidazole rings is 1. The summed E-state index contributed by atoms with van der Waals surface area (Å²) in [6.45, 7) is 6.32. The van der Waals surface area contributed by atoms with Crippen LogP contribution in [0.25, 0.3) is 11.0 Å². The van der Waals surface area contributed by atoms with Crippen LogP contribution in [0, 0.1) is 11.8 Å². The number of carboxylic acids is 1. The smallest absolute Gasteiger partial charge is 0.326 e. The minimum absolute atomic E-state index is 0.211. The molecule has 4 rings (SSSR count). The van der Waals surface area contributed by atoms with Crippen LogP contribution in [0.15, 0.2) is 41.2 Å². The van der Waals surface area contributed by atoms with E-state index in [0.29, 0.717) is 30.4 Å². The number of aromatic nitrogens is 2. The molecule has 1 aliphatic carbocycles. The van der Waals surface area contributed by atoms with Gasteiger partial charge in [-0.15, -0.1) is 0 Å². The zero-order valence-electron chi connectivity index (χ0n) is 20.3. The molecule has 34 heavy (non-hydrogen) atoms. The van der Waals surface area contributed by atoms with Gasteiger partial charge in [0.25, 0.3) is 5.91 Å². The number of nitrogens with one attached hydrogen (secondary N) is 1. The fourth-order valence-corrected chi connectivity index (χ4v) is 5.07. The topological polar surface area (TPSA) is 97.4 Å². The van der Waals surface area contributed by atoms with Crippen LogP contribution in [0.4, 0.5) is 0 Å². The minimum Gasteiger partial charge on any atom is -0.480 e. The molecule has 1 aliphatic rings. The predicted molar refractivity (Wildman–Crippen MR) is 131 cm³/mol. The van der Waals surface area contributed by atoms with Gasteiger partial charge in [-0.3, -0.25) is 4.79 Å². The number of furan rings is 1. The Labute approximate surface area is 200 Å². The van der Waals surface area contributed by atoms with Crippen LogP contribution in [0.2, 0.25) is 0 Å². The van der Waals surface area contributed by atoms with Gasteiger partial charge in [0.2, 0.25) is 0 Å². The van der Waals surface area contributed by atoms with Crippen LogP contribution in [0.5, 0.6) is 0 Å². The molecular weight excluding hydrogens is 430 g/mol. The van der Waals surface area contributed by atoms with Gasteiger partial charge in [-0.25, -0.2) is 9.78 Å². The van der Waals surface area contributed by atoms with Crippen molar-refractivity contribution in [2.24, 2.45) is 11.8 Å². The third-order valence-corrected chi connectivity index (χ3v) is 7.30. The molecule has 4 atom stereocenters. The summed E-state index contributed by atoms with van der Waals surface area (Å²) in [7, 11) is 0. The second-order valence-electron chi connectivity index (χ2n) is 9.85. The summed E-state index contributed by atoms with van der Waals surface area (Å²) in [5.41, 5.74) is 3.27. The third kappa shape index (κ3) is 5.18. The predicted octanol–water partition coefficient (Wildman–Crippen LogP) is 5.59. The van der Waals surface area contributed by atoms with Crippen LogP contribution in [0.1, 0.15) is 87.1 Å². The van der Waals surface area contributed by atoms with E-state index < -0.39 is 12.0 Å². The molecule has 1 aromatic carbocycles. The lowest BCUT2D eigenvalue weighted by Crippen LogP contribution is -2.41. The number of amides is 1. The highest BCUT2D eigenvalue weighted by molar-refractivity contribution is 5.99. The van der Waals surface area contributed by atoms with E-state index in [-0.39, 0.29) is 11.8 Å². The van der Waals surface area contributed by atoms with Crippen LogP contribution in [-0.4, -0.2) is 32.6 Å². The molecule has 1 amide bonds. The highest BCUT2D eigenvalue weighted by Crippen LogP contribution is 2.37. The Morgan fingerprint density at radius 1 is 1.26 bits per heavy atom. The summed E-state index contributed by atoms with van der Waals surface area (Å²) >= 11 is 0. The van der Waals surface area contributed by atoms with Crippen LogP contribution in [-0.2, 0) is 11.2 Å². The zero-order chi connectivity index (χ0) is 24.2. The van der Waals surface area contributed by atoms with Crippen molar-refractivity contribution in [3.8, 4) is 0 Å². The molecule has 2 aromatic heterocycles. The Balaban J connectivity index is 1.66. The molecule has 0 saturated heterocycles. The van der Waals surface area contributed by atoms with E-state index >= 15 is 0 Å². The average Bonchev–Trinajstić information content (AvgIpc) is 3.46. The van der Waals surface area contributed by atoms with Crippen molar-refractivity contribution >= 4 is 22.9 Å². The molecule has 1 saturated carbocycles. The van der Waals surface area contributed by atoms with E-state index in [1.165, 1.54) is 19.3 Å². The van der Waals surface area contributed by atoms with E-state index in [0.717, 1.165) is 35.3 Å². The van der Waals surface area contributed by atoms with E-state index in [4.69, 9.17) is 9.40 Å². The van der Waals surface area contributed by atoms with E-state index in [1.54, 1.807) is 24.7 Å². The maximum atomic E-state index is 13.0. The number of carbonyl (C=O) groups is 2. The quantitative estimate of drug-likeness (QED) is 0.429. The Morgan fingerprint density at radius 3 is 2.74 bits per heavy atom. The summed E-state index contributed by atoms with van der Waals surface area (Å²) in [4.78, 5) is 29.6. The highest BCUT2D eigenvalue weighted by atomic mass is 16.4.